The molecule has 0 aliphatic rings. The molecule has 3 rings (SSSR count). The van der Waals surface area contributed by atoms with E-state index in [4.69, 9.17) is 9.47 Å². The van der Waals surface area contributed by atoms with Crippen molar-refractivity contribution in [1.82, 2.24) is 4.98 Å². The van der Waals surface area contributed by atoms with E-state index < -0.39 is 12.1 Å². The van der Waals surface area contributed by atoms with Crippen molar-refractivity contribution in [3.8, 4) is 5.75 Å². The molecule has 6 nitrogen and oxygen atoms in total. The zero-order valence-corrected chi connectivity index (χ0v) is 17.6. The molecule has 1 unspecified atom stereocenters. The molecule has 1 heterocycles. The van der Waals surface area contributed by atoms with Gasteiger partial charge in [0.1, 0.15) is 28.1 Å². The summed E-state index contributed by atoms with van der Waals surface area (Å²) in [7, 11) is 1.63. The number of likely N-dealkylation sites (N-methyl/N-ethyl adjacent to an activating group) is 1. The average Bonchev–Trinajstić information content (AvgIpc) is 3.13. The summed E-state index contributed by atoms with van der Waals surface area (Å²) in [5.41, 5.74) is 1.21. The molecule has 0 aliphatic carbocycles. The van der Waals surface area contributed by atoms with Gasteiger partial charge in [0, 0.05) is 12.7 Å². The quantitative estimate of drug-likeness (QED) is 0.523. The minimum absolute atomic E-state index is 0.135. The van der Waals surface area contributed by atoms with Gasteiger partial charge in [0.25, 0.3) is 5.91 Å². The van der Waals surface area contributed by atoms with Gasteiger partial charge in [-0.15, -0.1) is 11.3 Å². The van der Waals surface area contributed by atoms with E-state index in [-0.39, 0.29) is 18.3 Å². The van der Waals surface area contributed by atoms with Crippen LogP contribution in [0.5, 0.6) is 5.75 Å². The van der Waals surface area contributed by atoms with Crippen LogP contribution in [0.4, 0.5) is 10.1 Å². The zero-order valence-electron chi connectivity index (χ0n) is 16.8. The highest BCUT2D eigenvalue weighted by Gasteiger charge is 2.25. The van der Waals surface area contributed by atoms with Crippen LogP contribution in [-0.4, -0.2) is 30.0 Å². The van der Waals surface area contributed by atoms with Crippen LogP contribution in [-0.2, 0) is 16.1 Å². The second kappa shape index (κ2) is 9.49. The molecular formula is C22H21FN2O4S. The van der Waals surface area contributed by atoms with Crippen LogP contribution < -0.4 is 9.64 Å². The van der Waals surface area contributed by atoms with Crippen molar-refractivity contribution >= 4 is 28.9 Å². The summed E-state index contributed by atoms with van der Waals surface area (Å²) in [5.74, 6) is -0.799. The van der Waals surface area contributed by atoms with Crippen molar-refractivity contribution in [1.29, 1.82) is 0 Å². The summed E-state index contributed by atoms with van der Waals surface area (Å²) in [4.78, 5) is 31.2. The molecule has 0 radical (unpaired) electrons. The van der Waals surface area contributed by atoms with Crippen LogP contribution >= 0.6 is 11.3 Å². The molecule has 2 aromatic carbocycles. The number of amides is 1. The molecule has 0 saturated carbocycles. The van der Waals surface area contributed by atoms with E-state index in [1.807, 2.05) is 18.2 Å². The lowest BCUT2D eigenvalue weighted by Gasteiger charge is -2.21. The molecule has 30 heavy (non-hydrogen) atoms. The van der Waals surface area contributed by atoms with Gasteiger partial charge in [-0.2, -0.15) is 0 Å². The second-order valence-corrected chi connectivity index (χ2v) is 7.63. The number of esters is 1. The number of rotatable bonds is 7. The molecule has 156 valence electrons. The standard InChI is InChI=1S/C22H21FN2O4S/c1-14-20(30-19(24-14)13-28-18-11-9-16(23)10-12-18)22(27)29-15(2)21(26)25(3)17-7-5-4-6-8-17/h4-12,15H,13H2,1-3H3. The molecule has 1 atom stereocenters. The molecular weight excluding hydrogens is 407 g/mol. The highest BCUT2D eigenvalue weighted by molar-refractivity contribution is 7.13. The van der Waals surface area contributed by atoms with Crippen molar-refractivity contribution in [2.45, 2.75) is 26.6 Å². The third-order valence-corrected chi connectivity index (χ3v) is 5.42. The van der Waals surface area contributed by atoms with Crippen LogP contribution in [0.15, 0.2) is 54.6 Å². The first-order valence-electron chi connectivity index (χ1n) is 9.23. The lowest BCUT2D eigenvalue weighted by atomic mass is 10.2. The number of carbonyl (C=O) groups is 2. The highest BCUT2D eigenvalue weighted by atomic mass is 32.1. The number of thiazole rings is 1. The Hall–Kier alpha value is -3.26. The normalized spacial score (nSPS) is 11.6. The fourth-order valence-corrected chi connectivity index (χ4v) is 3.56. The van der Waals surface area contributed by atoms with Crippen LogP contribution in [0, 0.1) is 12.7 Å². The van der Waals surface area contributed by atoms with Crippen molar-refractivity contribution < 1.29 is 23.5 Å². The smallest absolute Gasteiger partial charge is 0.351 e. The van der Waals surface area contributed by atoms with E-state index >= 15 is 0 Å². The molecule has 0 aliphatic heterocycles. The minimum atomic E-state index is -0.955. The van der Waals surface area contributed by atoms with E-state index in [0.29, 0.717) is 27.0 Å². The van der Waals surface area contributed by atoms with Crippen molar-refractivity contribution in [2.75, 3.05) is 11.9 Å². The Morgan fingerprint density at radius 2 is 1.80 bits per heavy atom. The zero-order chi connectivity index (χ0) is 21.7. The van der Waals surface area contributed by atoms with Crippen LogP contribution in [0.1, 0.15) is 27.3 Å². The first-order valence-corrected chi connectivity index (χ1v) is 10.0. The van der Waals surface area contributed by atoms with Crippen LogP contribution in [0.25, 0.3) is 0 Å². The van der Waals surface area contributed by atoms with Crippen LogP contribution in [0.3, 0.4) is 0 Å². The predicted octanol–water partition coefficient (Wildman–Crippen LogP) is 4.38. The summed E-state index contributed by atoms with van der Waals surface area (Å²) in [5, 5.41) is 0.573. The summed E-state index contributed by atoms with van der Waals surface area (Å²) >= 11 is 1.14. The number of aryl methyl sites for hydroxylation is 1. The van der Waals surface area contributed by atoms with Gasteiger partial charge in [0.05, 0.1) is 5.69 Å². The second-order valence-electron chi connectivity index (χ2n) is 6.55. The molecule has 0 N–H and O–H groups in total. The number of carbonyl (C=O) groups excluding carboxylic acids is 2. The maximum absolute atomic E-state index is 13.0. The topological polar surface area (TPSA) is 68.7 Å². The van der Waals surface area contributed by atoms with Crippen LogP contribution in [0.2, 0.25) is 0 Å². The predicted molar refractivity (Wildman–Crippen MR) is 112 cm³/mol. The number of benzene rings is 2. The highest BCUT2D eigenvalue weighted by Crippen LogP contribution is 2.22. The number of halogens is 1. The Kier molecular flexibility index (Phi) is 6.79. The van der Waals surface area contributed by atoms with Gasteiger partial charge in [0.15, 0.2) is 6.10 Å². The third kappa shape index (κ3) is 5.21. The van der Waals surface area contributed by atoms with Gasteiger partial charge in [-0.1, -0.05) is 18.2 Å². The maximum Gasteiger partial charge on any atom is 0.351 e. The molecule has 1 aromatic heterocycles. The number of hydrogen-bond acceptors (Lipinski definition) is 6. The van der Waals surface area contributed by atoms with Crippen molar-refractivity contribution in [3.63, 3.8) is 0 Å². The van der Waals surface area contributed by atoms with E-state index in [2.05, 4.69) is 4.98 Å². The number of ether oxygens (including phenoxy) is 2. The number of anilines is 1. The largest absolute Gasteiger partial charge is 0.486 e. The summed E-state index contributed by atoms with van der Waals surface area (Å²) < 4.78 is 23.9. The molecule has 0 spiro atoms. The SMILES string of the molecule is Cc1nc(COc2ccc(F)cc2)sc1C(=O)OC(C)C(=O)N(C)c1ccccc1. The Morgan fingerprint density at radius 1 is 1.13 bits per heavy atom. The summed E-state index contributed by atoms with van der Waals surface area (Å²) in [6.07, 6.45) is -0.955. The molecule has 8 heteroatoms. The lowest BCUT2D eigenvalue weighted by molar-refractivity contribution is -0.126. The van der Waals surface area contributed by atoms with Gasteiger partial charge in [-0.05, 0) is 50.2 Å². The summed E-state index contributed by atoms with van der Waals surface area (Å²) in [6.45, 7) is 3.36. The van der Waals surface area contributed by atoms with E-state index in [0.717, 1.165) is 11.3 Å². The van der Waals surface area contributed by atoms with E-state index in [1.54, 1.807) is 26.1 Å². The molecule has 0 bridgehead atoms. The molecule has 0 fully saturated rings. The monoisotopic (exact) mass is 428 g/mol. The Bertz CT molecular complexity index is 1020. The van der Waals surface area contributed by atoms with Gasteiger partial charge in [-0.25, -0.2) is 14.2 Å². The number of para-hydroxylation sites is 1. The fourth-order valence-electron chi connectivity index (χ4n) is 2.70. The third-order valence-electron chi connectivity index (χ3n) is 4.31. The van der Waals surface area contributed by atoms with E-state index in [1.165, 1.54) is 36.1 Å². The van der Waals surface area contributed by atoms with Gasteiger partial charge >= 0.3 is 5.97 Å². The maximum atomic E-state index is 13.0. The van der Waals surface area contributed by atoms with Crippen molar-refractivity contribution in [3.05, 3.63) is 76.0 Å². The first-order chi connectivity index (χ1) is 14.3. The molecule has 1 amide bonds. The Morgan fingerprint density at radius 3 is 2.47 bits per heavy atom. The Labute approximate surface area is 177 Å². The number of hydrogen-bond donors (Lipinski definition) is 0. The molecule has 3 aromatic rings. The number of aromatic nitrogens is 1. The van der Waals surface area contributed by atoms with Gasteiger partial charge in [0.2, 0.25) is 0 Å². The fraction of sp³-hybridized carbons (Fsp3) is 0.227. The van der Waals surface area contributed by atoms with Gasteiger partial charge < -0.3 is 14.4 Å². The average molecular weight is 428 g/mol. The number of nitrogens with zero attached hydrogens (tertiary/aromatic N) is 2. The van der Waals surface area contributed by atoms with Crippen molar-refractivity contribution in [2.24, 2.45) is 0 Å². The van der Waals surface area contributed by atoms with Gasteiger partial charge in [-0.3, -0.25) is 4.79 Å². The summed E-state index contributed by atoms with van der Waals surface area (Å²) in [6, 6.07) is 14.7. The molecule has 0 saturated heterocycles. The first kappa shape index (κ1) is 21.4. The lowest BCUT2D eigenvalue weighted by Crippen LogP contribution is -2.37. The minimum Gasteiger partial charge on any atom is -0.486 e. The van der Waals surface area contributed by atoms with E-state index in [9.17, 15) is 14.0 Å². The Balaban J connectivity index is 1.61.